The van der Waals surface area contributed by atoms with E-state index >= 15 is 0 Å². The van der Waals surface area contributed by atoms with Crippen molar-refractivity contribution in [2.75, 3.05) is 0 Å². The van der Waals surface area contributed by atoms with E-state index < -0.39 is 0 Å². The Morgan fingerprint density at radius 2 is 1.76 bits per heavy atom. The van der Waals surface area contributed by atoms with E-state index in [1.807, 2.05) is 18.2 Å². The van der Waals surface area contributed by atoms with Crippen molar-refractivity contribution in [1.29, 1.82) is 0 Å². The van der Waals surface area contributed by atoms with Gasteiger partial charge in [0.1, 0.15) is 0 Å². The lowest BCUT2D eigenvalue weighted by atomic mass is 9.86. The zero-order valence-corrected chi connectivity index (χ0v) is 12.3. The van der Waals surface area contributed by atoms with Gasteiger partial charge < -0.3 is 0 Å². The van der Waals surface area contributed by atoms with Gasteiger partial charge in [-0.25, -0.2) is 0 Å². The van der Waals surface area contributed by atoms with Gasteiger partial charge in [-0.1, -0.05) is 42.5 Å². The summed E-state index contributed by atoms with van der Waals surface area (Å²) in [6.07, 6.45) is 3.87. The smallest absolute Gasteiger partial charge is 0.189 e. The first-order valence-electron chi connectivity index (χ1n) is 7.12. The van der Waals surface area contributed by atoms with Crippen LogP contribution in [-0.2, 0) is 6.42 Å². The second-order valence-corrected chi connectivity index (χ2v) is 6.25. The van der Waals surface area contributed by atoms with E-state index in [4.69, 9.17) is 0 Å². The normalized spacial score (nSPS) is 16.4. The zero-order valence-electron chi connectivity index (χ0n) is 11.5. The van der Waals surface area contributed by atoms with Crippen LogP contribution in [0.1, 0.15) is 27.9 Å². The molecule has 1 heterocycles. The van der Waals surface area contributed by atoms with Crippen LogP contribution >= 0.6 is 11.3 Å². The fourth-order valence-corrected chi connectivity index (χ4v) is 3.87. The first kappa shape index (κ1) is 12.5. The number of hydrogen-bond acceptors (Lipinski definition) is 2. The van der Waals surface area contributed by atoms with Crippen LogP contribution in [0.2, 0.25) is 0 Å². The Morgan fingerprint density at radius 3 is 2.71 bits per heavy atom. The third-order valence-electron chi connectivity index (χ3n) is 4.06. The third-order valence-corrected chi connectivity index (χ3v) is 5.04. The molecule has 1 aliphatic rings. The van der Waals surface area contributed by atoms with Crippen molar-refractivity contribution < 1.29 is 4.79 Å². The molecule has 4 rings (SSSR count). The molecule has 0 saturated heterocycles. The summed E-state index contributed by atoms with van der Waals surface area (Å²) in [5, 5.41) is 3.38. The molecule has 0 radical (unpaired) electrons. The molecule has 0 atom stereocenters. The number of carbonyl (C=O) groups is 1. The second kappa shape index (κ2) is 4.97. The van der Waals surface area contributed by atoms with E-state index in [1.165, 1.54) is 21.2 Å². The molecule has 1 aromatic heterocycles. The van der Waals surface area contributed by atoms with Crippen molar-refractivity contribution in [2.24, 2.45) is 0 Å². The summed E-state index contributed by atoms with van der Waals surface area (Å²) < 4.78 is 1.27. The van der Waals surface area contributed by atoms with E-state index in [-0.39, 0.29) is 5.78 Å². The Balaban J connectivity index is 1.79. The number of benzene rings is 2. The predicted molar refractivity (Wildman–Crippen MR) is 88.9 cm³/mol. The van der Waals surface area contributed by atoms with E-state index in [0.29, 0.717) is 0 Å². The molecule has 0 spiro atoms. The number of allylic oxidation sites excluding steroid dienone is 1. The number of rotatable bonds is 1. The predicted octanol–water partition coefficient (Wildman–Crippen LogP) is 5.11. The number of hydrogen-bond donors (Lipinski definition) is 0. The summed E-state index contributed by atoms with van der Waals surface area (Å²) in [6.45, 7) is 0. The van der Waals surface area contributed by atoms with Crippen LogP contribution < -0.4 is 0 Å². The first-order valence-corrected chi connectivity index (χ1v) is 8.00. The molecule has 21 heavy (non-hydrogen) atoms. The standard InChI is InChI=1S/C19H14OS/c20-19-14(10-9-13-5-1-2-7-17(13)19)11-15-12-21-18-8-4-3-6-16(15)18/h1-8,11-12H,9-10H2/b14-11+. The lowest BCUT2D eigenvalue weighted by molar-refractivity contribution is 0.102. The van der Waals surface area contributed by atoms with Gasteiger partial charge in [0.05, 0.1) is 0 Å². The van der Waals surface area contributed by atoms with Crippen LogP contribution in [-0.4, -0.2) is 5.78 Å². The largest absolute Gasteiger partial charge is 0.289 e. The van der Waals surface area contributed by atoms with Gasteiger partial charge in [0.25, 0.3) is 0 Å². The van der Waals surface area contributed by atoms with Gasteiger partial charge in [-0.15, -0.1) is 11.3 Å². The van der Waals surface area contributed by atoms with Gasteiger partial charge in [-0.05, 0) is 46.9 Å². The minimum atomic E-state index is 0.187. The Labute approximate surface area is 127 Å². The Morgan fingerprint density at radius 1 is 0.952 bits per heavy atom. The monoisotopic (exact) mass is 290 g/mol. The molecule has 0 unspecified atom stereocenters. The Hall–Kier alpha value is -2.19. The number of aryl methyl sites for hydroxylation is 1. The highest BCUT2D eigenvalue weighted by molar-refractivity contribution is 7.17. The van der Waals surface area contributed by atoms with Crippen LogP contribution in [0.5, 0.6) is 0 Å². The number of thiophene rings is 1. The summed E-state index contributed by atoms with van der Waals surface area (Å²) in [5.74, 6) is 0.187. The minimum Gasteiger partial charge on any atom is -0.289 e. The fraction of sp³-hybridized carbons (Fsp3) is 0.105. The van der Waals surface area contributed by atoms with Gasteiger partial charge in [0, 0.05) is 15.8 Å². The third kappa shape index (κ3) is 2.12. The number of Topliss-reactive ketones (excluding diaryl/α,β-unsaturated/α-hetero) is 1. The second-order valence-electron chi connectivity index (χ2n) is 5.34. The van der Waals surface area contributed by atoms with Crippen molar-refractivity contribution in [3.05, 3.63) is 76.2 Å². The highest BCUT2D eigenvalue weighted by Crippen LogP contribution is 2.31. The van der Waals surface area contributed by atoms with Gasteiger partial charge in [0.2, 0.25) is 0 Å². The highest BCUT2D eigenvalue weighted by atomic mass is 32.1. The molecule has 102 valence electrons. The maximum absolute atomic E-state index is 12.6. The molecular weight excluding hydrogens is 276 g/mol. The van der Waals surface area contributed by atoms with Crippen molar-refractivity contribution in [2.45, 2.75) is 12.8 Å². The van der Waals surface area contributed by atoms with Gasteiger partial charge in [0.15, 0.2) is 5.78 Å². The summed E-state index contributed by atoms with van der Waals surface area (Å²) in [5.41, 5.74) is 4.14. The molecule has 3 aromatic rings. The molecule has 0 amide bonds. The quantitative estimate of drug-likeness (QED) is 0.569. The van der Waals surface area contributed by atoms with E-state index in [1.54, 1.807) is 11.3 Å². The Bertz CT molecular complexity index is 870. The summed E-state index contributed by atoms with van der Waals surface area (Å²) >= 11 is 1.73. The molecular formula is C19H14OS. The van der Waals surface area contributed by atoms with Crippen LogP contribution in [0.4, 0.5) is 0 Å². The lowest BCUT2D eigenvalue weighted by Gasteiger charge is -2.17. The maximum Gasteiger partial charge on any atom is 0.189 e. The van der Waals surface area contributed by atoms with Crippen molar-refractivity contribution in [3.8, 4) is 0 Å². The van der Waals surface area contributed by atoms with Crippen molar-refractivity contribution in [1.82, 2.24) is 0 Å². The SMILES string of the molecule is O=C1/C(=C/c2csc3ccccc23)CCc2ccccc21. The van der Waals surface area contributed by atoms with Crippen molar-refractivity contribution in [3.63, 3.8) is 0 Å². The molecule has 2 aromatic carbocycles. The van der Waals surface area contributed by atoms with E-state index in [0.717, 1.165) is 24.0 Å². The molecule has 0 bridgehead atoms. The fourth-order valence-electron chi connectivity index (χ4n) is 2.95. The number of carbonyl (C=O) groups excluding carboxylic acids is 1. The molecule has 0 aliphatic heterocycles. The van der Waals surface area contributed by atoms with E-state index in [2.05, 4.69) is 41.8 Å². The summed E-state index contributed by atoms with van der Waals surface area (Å²) in [7, 11) is 0. The first-order chi connectivity index (χ1) is 10.3. The molecule has 0 fully saturated rings. The van der Waals surface area contributed by atoms with Crippen molar-refractivity contribution >= 4 is 33.3 Å². The van der Waals surface area contributed by atoms with E-state index in [9.17, 15) is 4.79 Å². The summed E-state index contributed by atoms with van der Waals surface area (Å²) in [6, 6.07) is 16.3. The van der Waals surface area contributed by atoms with Crippen LogP contribution in [0, 0.1) is 0 Å². The van der Waals surface area contributed by atoms with Gasteiger partial charge in [-0.2, -0.15) is 0 Å². The average molecular weight is 290 g/mol. The number of ketones is 1. The Kier molecular flexibility index (Phi) is 2.97. The minimum absolute atomic E-state index is 0.187. The van der Waals surface area contributed by atoms with Crippen LogP contribution in [0.15, 0.2) is 59.5 Å². The lowest BCUT2D eigenvalue weighted by Crippen LogP contribution is -2.13. The molecule has 1 nitrogen and oxygen atoms in total. The number of fused-ring (bicyclic) bond motifs is 2. The molecule has 1 aliphatic carbocycles. The topological polar surface area (TPSA) is 17.1 Å². The zero-order chi connectivity index (χ0) is 14.2. The maximum atomic E-state index is 12.6. The molecule has 2 heteroatoms. The van der Waals surface area contributed by atoms with Crippen LogP contribution in [0.25, 0.3) is 16.2 Å². The van der Waals surface area contributed by atoms with Crippen LogP contribution in [0.3, 0.4) is 0 Å². The highest BCUT2D eigenvalue weighted by Gasteiger charge is 2.21. The summed E-state index contributed by atoms with van der Waals surface area (Å²) in [4.78, 5) is 12.6. The average Bonchev–Trinajstić information content (AvgIpc) is 2.94. The molecule has 0 N–H and O–H groups in total. The molecule has 0 saturated carbocycles. The van der Waals surface area contributed by atoms with Gasteiger partial charge in [-0.3, -0.25) is 4.79 Å². The van der Waals surface area contributed by atoms with Gasteiger partial charge >= 0.3 is 0 Å².